The van der Waals surface area contributed by atoms with Crippen LogP contribution in [0.3, 0.4) is 0 Å². The number of anilines is 2. The molecule has 5 nitrogen and oxygen atoms in total. The van der Waals surface area contributed by atoms with Gasteiger partial charge in [-0.1, -0.05) is 12.1 Å². The van der Waals surface area contributed by atoms with Crippen molar-refractivity contribution in [3.05, 3.63) is 40.4 Å². The Bertz CT molecular complexity index is 645. The van der Waals surface area contributed by atoms with Crippen molar-refractivity contribution in [1.82, 2.24) is 4.98 Å². The molecule has 1 atom stereocenters. The Labute approximate surface area is 127 Å². The Morgan fingerprint density at radius 3 is 3.00 bits per heavy atom. The van der Waals surface area contributed by atoms with Gasteiger partial charge in [0.2, 0.25) is 0 Å². The summed E-state index contributed by atoms with van der Waals surface area (Å²) in [6.45, 7) is 1.69. The first-order valence-corrected chi connectivity index (χ1v) is 7.78. The summed E-state index contributed by atoms with van der Waals surface area (Å²) >= 11 is 1.55. The summed E-state index contributed by atoms with van der Waals surface area (Å²) in [7, 11) is 0. The molecule has 3 N–H and O–H groups in total. The van der Waals surface area contributed by atoms with Crippen LogP contribution in [0.2, 0.25) is 0 Å². The molecule has 1 aliphatic carbocycles. The van der Waals surface area contributed by atoms with Crippen LogP contribution in [0.4, 0.5) is 15.6 Å². The highest BCUT2D eigenvalue weighted by Gasteiger charge is 2.17. The molecule has 1 aromatic carbocycles. The van der Waals surface area contributed by atoms with E-state index in [1.54, 1.807) is 36.5 Å². The number of rotatable bonds is 3. The highest BCUT2D eigenvalue weighted by Crippen LogP contribution is 2.30. The number of hydrogen-bond acceptors (Lipinski definition) is 4. The number of aliphatic hydroxyl groups is 1. The first kappa shape index (κ1) is 14.0. The van der Waals surface area contributed by atoms with Gasteiger partial charge in [0.05, 0.1) is 11.8 Å². The molecule has 0 spiro atoms. The van der Waals surface area contributed by atoms with Gasteiger partial charge in [0, 0.05) is 10.6 Å². The monoisotopic (exact) mass is 303 g/mol. The summed E-state index contributed by atoms with van der Waals surface area (Å²) in [6, 6.07) is 6.85. The van der Waals surface area contributed by atoms with E-state index in [1.165, 1.54) is 4.88 Å². The van der Waals surface area contributed by atoms with E-state index in [1.807, 2.05) is 6.07 Å². The van der Waals surface area contributed by atoms with Crippen molar-refractivity contribution in [3.63, 3.8) is 0 Å². The van der Waals surface area contributed by atoms with Gasteiger partial charge >= 0.3 is 6.03 Å². The van der Waals surface area contributed by atoms with Gasteiger partial charge in [-0.2, -0.15) is 0 Å². The molecular formula is C15H17N3O2S. The van der Waals surface area contributed by atoms with Gasteiger partial charge in [0.15, 0.2) is 5.13 Å². The van der Waals surface area contributed by atoms with Crippen LogP contribution in [0.1, 0.15) is 35.6 Å². The SMILES string of the molecule is CC(O)c1cccc(NC(=O)Nc2nc3c(s2)CCC3)c1. The van der Waals surface area contributed by atoms with Crippen molar-refractivity contribution in [1.29, 1.82) is 0 Å². The minimum absolute atomic E-state index is 0.315. The van der Waals surface area contributed by atoms with E-state index in [9.17, 15) is 9.90 Å². The Morgan fingerprint density at radius 1 is 1.38 bits per heavy atom. The molecule has 6 heteroatoms. The molecule has 2 aromatic rings. The fraction of sp³-hybridized carbons (Fsp3) is 0.333. The van der Waals surface area contributed by atoms with Gasteiger partial charge in [-0.25, -0.2) is 9.78 Å². The summed E-state index contributed by atoms with van der Waals surface area (Å²) in [5.74, 6) is 0. The number of aliphatic hydroxyl groups excluding tert-OH is 1. The molecular weight excluding hydrogens is 286 g/mol. The summed E-state index contributed by atoms with van der Waals surface area (Å²) in [4.78, 5) is 17.7. The van der Waals surface area contributed by atoms with E-state index in [0.717, 1.165) is 30.5 Å². The molecule has 3 rings (SSSR count). The number of amides is 2. The second kappa shape index (κ2) is 5.83. The van der Waals surface area contributed by atoms with Crippen LogP contribution in [0, 0.1) is 0 Å². The molecule has 2 amide bonds. The molecule has 1 aliphatic rings. The van der Waals surface area contributed by atoms with Crippen LogP contribution in [-0.4, -0.2) is 16.1 Å². The topological polar surface area (TPSA) is 74.2 Å². The average Bonchev–Trinajstić information content (AvgIpc) is 2.99. The zero-order valence-corrected chi connectivity index (χ0v) is 12.5. The molecule has 21 heavy (non-hydrogen) atoms. The summed E-state index contributed by atoms with van der Waals surface area (Å²) in [6.07, 6.45) is 2.67. The Balaban J connectivity index is 1.64. The van der Waals surface area contributed by atoms with E-state index in [-0.39, 0.29) is 6.03 Å². The van der Waals surface area contributed by atoms with Crippen LogP contribution < -0.4 is 10.6 Å². The molecule has 110 valence electrons. The van der Waals surface area contributed by atoms with Crippen molar-refractivity contribution >= 4 is 28.2 Å². The van der Waals surface area contributed by atoms with E-state index in [4.69, 9.17) is 0 Å². The van der Waals surface area contributed by atoms with Gasteiger partial charge in [-0.15, -0.1) is 11.3 Å². The maximum atomic E-state index is 12.0. The fourth-order valence-corrected chi connectivity index (χ4v) is 3.42. The number of aryl methyl sites for hydroxylation is 2. The Hall–Kier alpha value is -1.92. The van der Waals surface area contributed by atoms with Crippen LogP contribution in [0.25, 0.3) is 0 Å². The van der Waals surface area contributed by atoms with Crippen LogP contribution in [-0.2, 0) is 12.8 Å². The number of hydrogen-bond donors (Lipinski definition) is 3. The van der Waals surface area contributed by atoms with Gasteiger partial charge in [-0.05, 0) is 43.9 Å². The molecule has 1 heterocycles. The van der Waals surface area contributed by atoms with Crippen molar-refractivity contribution in [2.75, 3.05) is 10.6 Å². The van der Waals surface area contributed by atoms with Gasteiger partial charge in [0.25, 0.3) is 0 Å². The van der Waals surface area contributed by atoms with E-state index in [2.05, 4.69) is 15.6 Å². The minimum atomic E-state index is -0.559. The number of carbonyl (C=O) groups excluding carboxylic acids is 1. The minimum Gasteiger partial charge on any atom is -0.389 e. The zero-order chi connectivity index (χ0) is 14.8. The van der Waals surface area contributed by atoms with Gasteiger partial charge in [0.1, 0.15) is 0 Å². The van der Waals surface area contributed by atoms with E-state index in [0.29, 0.717) is 10.8 Å². The standard InChI is InChI=1S/C15H17N3O2S/c1-9(19)10-4-2-5-11(8-10)16-14(20)18-15-17-12-6-3-7-13(12)21-15/h2,4-5,8-9,19H,3,6-7H2,1H3,(H2,16,17,18,20). The van der Waals surface area contributed by atoms with Crippen molar-refractivity contribution < 1.29 is 9.90 Å². The van der Waals surface area contributed by atoms with Crippen molar-refractivity contribution in [3.8, 4) is 0 Å². The smallest absolute Gasteiger partial charge is 0.325 e. The molecule has 1 aromatic heterocycles. The summed E-state index contributed by atoms with van der Waals surface area (Å²) in [5.41, 5.74) is 2.53. The van der Waals surface area contributed by atoms with E-state index < -0.39 is 6.10 Å². The number of nitrogens with one attached hydrogen (secondary N) is 2. The first-order chi connectivity index (χ1) is 10.1. The van der Waals surface area contributed by atoms with Crippen LogP contribution in [0.15, 0.2) is 24.3 Å². The lowest BCUT2D eigenvalue weighted by Gasteiger charge is -2.09. The average molecular weight is 303 g/mol. The highest BCUT2D eigenvalue weighted by atomic mass is 32.1. The Morgan fingerprint density at radius 2 is 2.24 bits per heavy atom. The van der Waals surface area contributed by atoms with Crippen molar-refractivity contribution in [2.45, 2.75) is 32.3 Å². The number of carbonyl (C=O) groups is 1. The fourth-order valence-electron chi connectivity index (χ4n) is 2.38. The molecule has 0 saturated carbocycles. The molecule has 0 saturated heterocycles. The lowest BCUT2D eigenvalue weighted by Crippen LogP contribution is -2.19. The quantitative estimate of drug-likeness (QED) is 0.814. The number of urea groups is 1. The Kier molecular flexibility index (Phi) is 3.90. The molecule has 0 fully saturated rings. The molecule has 0 aliphatic heterocycles. The maximum Gasteiger partial charge on any atom is 0.325 e. The lowest BCUT2D eigenvalue weighted by atomic mass is 10.1. The first-order valence-electron chi connectivity index (χ1n) is 6.96. The number of fused-ring (bicyclic) bond motifs is 1. The van der Waals surface area contributed by atoms with Crippen LogP contribution in [0.5, 0.6) is 0 Å². The summed E-state index contributed by atoms with van der Waals surface area (Å²) < 4.78 is 0. The van der Waals surface area contributed by atoms with Crippen molar-refractivity contribution in [2.24, 2.45) is 0 Å². The second-order valence-electron chi connectivity index (χ2n) is 5.12. The van der Waals surface area contributed by atoms with Gasteiger partial charge < -0.3 is 10.4 Å². The number of thiazole rings is 1. The predicted molar refractivity (Wildman–Crippen MR) is 83.9 cm³/mol. The molecule has 0 bridgehead atoms. The maximum absolute atomic E-state index is 12.0. The molecule has 0 radical (unpaired) electrons. The van der Waals surface area contributed by atoms with Crippen LogP contribution >= 0.6 is 11.3 Å². The van der Waals surface area contributed by atoms with Gasteiger partial charge in [-0.3, -0.25) is 5.32 Å². The normalized spacial score (nSPS) is 14.6. The number of aromatic nitrogens is 1. The zero-order valence-electron chi connectivity index (χ0n) is 11.7. The lowest BCUT2D eigenvalue weighted by molar-refractivity contribution is 0.199. The third-order valence-electron chi connectivity index (χ3n) is 3.44. The summed E-state index contributed by atoms with van der Waals surface area (Å²) in [5, 5.41) is 15.7. The predicted octanol–water partition coefficient (Wildman–Crippen LogP) is 3.33. The largest absolute Gasteiger partial charge is 0.389 e. The number of benzene rings is 1. The number of nitrogens with zero attached hydrogens (tertiary/aromatic N) is 1. The molecule has 1 unspecified atom stereocenters. The van der Waals surface area contributed by atoms with E-state index >= 15 is 0 Å². The third kappa shape index (κ3) is 3.22. The second-order valence-corrected chi connectivity index (χ2v) is 6.21. The highest BCUT2D eigenvalue weighted by molar-refractivity contribution is 7.15. The third-order valence-corrected chi connectivity index (χ3v) is 4.52.